The Morgan fingerprint density at radius 3 is 2.38 bits per heavy atom. The largest absolute Gasteiger partial charge is 0.411 e. The van der Waals surface area contributed by atoms with Crippen LogP contribution in [-0.4, -0.2) is 24.7 Å². The molecule has 2 nitrogen and oxygen atoms in total. The molecule has 0 aromatic carbocycles. The molecule has 0 N–H and O–H groups in total. The van der Waals surface area contributed by atoms with E-state index >= 15 is 0 Å². The minimum absolute atomic E-state index is 0.0420. The van der Waals surface area contributed by atoms with Crippen molar-refractivity contribution in [1.82, 2.24) is 0 Å². The molecule has 1 fully saturated rings. The second-order valence-electron chi connectivity index (χ2n) is 3.76. The molecule has 0 spiro atoms. The summed E-state index contributed by atoms with van der Waals surface area (Å²) in [7, 11) is 0. The van der Waals surface area contributed by atoms with E-state index in [4.69, 9.17) is 0 Å². The summed E-state index contributed by atoms with van der Waals surface area (Å²) < 4.78 is 39.7. The number of hydrogen-bond donors (Lipinski definition) is 0. The Balaban J connectivity index is 2.37. The van der Waals surface area contributed by atoms with E-state index in [0.717, 1.165) is 0 Å². The summed E-state index contributed by atoms with van der Waals surface area (Å²) in [6, 6.07) is 0. The fourth-order valence-corrected chi connectivity index (χ4v) is 1.20. The van der Waals surface area contributed by atoms with Gasteiger partial charge in [-0.3, -0.25) is 4.79 Å². The van der Waals surface area contributed by atoms with E-state index in [2.05, 4.69) is 4.74 Å². The molecule has 1 saturated carbocycles. The number of ketones is 1. The van der Waals surface area contributed by atoms with Gasteiger partial charge in [-0.25, -0.2) is 0 Å². The number of carbonyl (C=O) groups excluding carboxylic acids is 1. The summed E-state index contributed by atoms with van der Waals surface area (Å²) >= 11 is 0. The standard InChI is InChI=1S/C8H11F3O2/c1-7(2)5(12)3-6(7)13-4-8(9,10)11/h6H,3-4H2,1-2H3. The van der Waals surface area contributed by atoms with E-state index in [1.54, 1.807) is 13.8 Å². The molecule has 1 unspecified atom stereocenters. The van der Waals surface area contributed by atoms with Gasteiger partial charge < -0.3 is 4.74 Å². The average molecular weight is 196 g/mol. The number of halogens is 3. The Bertz CT molecular complexity index is 220. The molecule has 0 aliphatic heterocycles. The quantitative estimate of drug-likeness (QED) is 0.674. The number of alkyl halides is 3. The van der Waals surface area contributed by atoms with Crippen molar-refractivity contribution in [3.05, 3.63) is 0 Å². The Hall–Kier alpha value is -0.580. The Kier molecular flexibility index (Phi) is 2.40. The average Bonchev–Trinajstić information content (AvgIpc) is 1.95. The molecule has 1 rings (SSSR count). The fraction of sp³-hybridized carbons (Fsp3) is 0.875. The summed E-state index contributed by atoms with van der Waals surface area (Å²) in [6.45, 7) is 1.92. The van der Waals surface area contributed by atoms with E-state index in [-0.39, 0.29) is 12.2 Å². The lowest BCUT2D eigenvalue weighted by molar-refractivity contribution is -0.209. The molecular weight excluding hydrogens is 185 g/mol. The van der Waals surface area contributed by atoms with Crippen molar-refractivity contribution >= 4 is 5.78 Å². The van der Waals surface area contributed by atoms with Crippen LogP contribution in [0.2, 0.25) is 0 Å². The highest BCUT2D eigenvalue weighted by Gasteiger charge is 2.49. The highest BCUT2D eigenvalue weighted by atomic mass is 19.4. The molecule has 1 aliphatic carbocycles. The van der Waals surface area contributed by atoms with Gasteiger partial charge in [-0.2, -0.15) is 13.2 Å². The second-order valence-corrected chi connectivity index (χ2v) is 3.76. The van der Waals surface area contributed by atoms with Gasteiger partial charge in [-0.15, -0.1) is 0 Å². The van der Waals surface area contributed by atoms with Crippen molar-refractivity contribution in [2.24, 2.45) is 5.41 Å². The molecule has 76 valence electrons. The van der Waals surface area contributed by atoms with E-state index < -0.39 is 24.3 Å². The van der Waals surface area contributed by atoms with Crippen LogP contribution in [0.4, 0.5) is 13.2 Å². The van der Waals surface area contributed by atoms with Gasteiger partial charge in [-0.05, 0) is 0 Å². The lowest BCUT2D eigenvalue weighted by Gasteiger charge is -2.41. The normalized spacial score (nSPS) is 27.2. The van der Waals surface area contributed by atoms with Crippen molar-refractivity contribution in [2.75, 3.05) is 6.61 Å². The third kappa shape index (κ3) is 2.21. The lowest BCUT2D eigenvalue weighted by atomic mass is 9.68. The predicted molar refractivity (Wildman–Crippen MR) is 39.2 cm³/mol. The van der Waals surface area contributed by atoms with Crippen LogP contribution in [0, 0.1) is 5.41 Å². The molecule has 0 aromatic heterocycles. The topological polar surface area (TPSA) is 26.3 Å². The molecule has 0 radical (unpaired) electrons. The minimum Gasteiger partial charge on any atom is -0.367 e. The molecule has 13 heavy (non-hydrogen) atoms. The van der Waals surface area contributed by atoms with Crippen LogP contribution >= 0.6 is 0 Å². The van der Waals surface area contributed by atoms with Crippen molar-refractivity contribution in [3.63, 3.8) is 0 Å². The van der Waals surface area contributed by atoms with Crippen molar-refractivity contribution in [1.29, 1.82) is 0 Å². The van der Waals surface area contributed by atoms with E-state index in [1.807, 2.05) is 0 Å². The number of Topliss-reactive ketones (excluding diaryl/α,β-unsaturated/α-hetero) is 1. The van der Waals surface area contributed by atoms with Crippen molar-refractivity contribution < 1.29 is 22.7 Å². The Labute approximate surface area is 74.1 Å². The van der Waals surface area contributed by atoms with Crippen LogP contribution in [0.5, 0.6) is 0 Å². The predicted octanol–water partition coefficient (Wildman–Crippen LogP) is 1.93. The fourth-order valence-electron chi connectivity index (χ4n) is 1.20. The van der Waals surface area contributed by atoms with Gasteiger partial charge in [0.05, 0.1) is 11.5 Å². The van der Waals surface area contributed by atoms with Crippen LogP contribution < -0.4 is 0 Å². The third-order valence-electron chi connectivity index (χ3n) is 2.34. The molecular formula is C8H11F3O2. The second kappa shape index (κ2) is 2.97. The zero-order valence-electron chi connectivity index (χ0n) is 7.44. The summed E-state index contributed by atoms with van der Waals surface area (Å²) in [5.74, 6) is -0.0420. The van der Waals surface area contributed by atoms with Crippen molar-refractivity contribution in [2.45, 2.75) is 32.5 Å². The third-order valence-corrected chi connectivity index (χ3v) is 2.34. The van der Waals surface area contributed by atoms with Gasteiger partial charge in [0.2, 0.25) is 0 Å². The number of hydrogen-bond acceptors (Lipinski definition) is 2. The molecule has 0 bridgehead atoms. The van der Waals surface area contributed by atoms with Crippen LogP contribution in [0.1, 0.15) is 20.3 Å². The first-order chi connectivity index (χ1) is 5.73. The number of carbonyl (C=O) groups is 1. The molecule has 0 heterocycles. The number of ether oxygens (including phenoxy) is 1. The smallest absolute Gasteiger partial charge is 0.367 e. The first kappa shape index (κ1) is 10.5. The summed E-state index contributed by atoms with van der Waals surface area (Å²) in [6.07, 6.45) is -4.79. The van der Waals surface area contributed by atoms with E-state index in [9.17, 15) is 18.0 Å². The van der Waals surface area contributed by atoms with Gasteiger partial charge in [0.1, 0.15) is 12.4 Å². The van der Waals surface area contributed by atoms with Crippen molar-refractivity contribution in [3.8, 4) is 0 Å². The highest BCUT2D eigenvalue weighted by Crippen LogP contribution is 2.39. The zero-order chi connectivity index (χ0) is 10.3. The maximum atomic E-state index is 11.7. The molecule has 0 amide bonds. The SMILES string of the molecule is CC1(C)C(=O)CC1OCC(F)(F)F. The van der Waals surface area contributed by atoms with Gasteiger partial charge in [0.15, 0.2) is 0 Å². The monoisotopic (exact) mass is 196 g/mol. The van der Waals surface area contributed by atoms with Gasteiger partial charge >= 0.3 is 6.18 Å². The van der Waals surface area contributed by atoms with Gasteiger partial charge in [0.25, 0.3) is 0 Å². The Morgan fingerprint density at radius 2 is 2.08 bits per heavy atom. The van der Waals surface area contributed by atoms with Gasteiger partial charge in [0, 0.05) is 6.42 Å². The maximum Gasteiger partial charge on any atom is 0.411 e. The zero-order valence-corrected chi connectivity index (χ0v) is 7.44. The molecule has 1 atom stereocenters. The van der Waals surface area contributed by atoms with Crippen LogP contribution in [0.15, 0.2) is 0 Å². The molecule has 0 saturated heterocycles. The van der Waals surface area contributed by atoms with E-state index in [0.29, 0.717) is 0 Å². The van der Waals surface area contributed by atoms with E-state index in [1.165, 1.54) is 0 Å². The minimum atomic E-state index is -4.31. The van der Waals surface area contributed by atoms with Gasteiger partial charge in [-0.1, -0.05) is 13.8 Å². The summed E-state index contributed by atoms with van der Waals surface area (Å²) in [4.78, 5) is 10.9. The first-order valence-corrected chi connectivity index (χ1v) is 3.95. The van der Waals surface area contributed by atoms with Crippen LogP contribution in [0.25, 0.3) is 0 Å². The van der Waals surface area contributed by atoms with Crippen LogP contribution in [0.3, 0.4) is 0 Å². The lowest BCUT2D eigenvalue weighted by Crippen LogP contribution is -2.52. The summed E-state index contributed by atoms with van der Waals surface area (Å²) in [5, 5.41) is 0. The molecule has 1 aliphatic rings. The highest BCUT2D eigenvalue weighted by molar-refractivity contribution is 5.91. The Morgan fingerprint density at radius 1 is 1.54 bits per heavy atom. The number of rotatable bonds is 2. The maximum absolute atomic E-state index is 11.7. The first-order valence-electron chi connectivity index (χ1n) is 3.95. The molecule has 5 heteroatoms. The summed E-state index contributed by atoms with van der Waals surface area (Å²) in [5.41, 5.74) is -0.745. The van der Waals surface area contributed by atoms with Crippen LogP contribution in [-0.2, 0) is 9.53 Å². The molecule has 0 aromatic rings.